The molecular formula is C19H22N2O3S. The van der Waals surface area contributed by atoms with Gasteiger partial charge in [-0.1, -0.05) is 12.1 Å². The van der Waals surface area contributed by atoms with Crippen molar-refractivity contribution in [1.29, 1.82) is 0 Å². The van der Waals surface area contributed by atoms with Gasteiger partial charge < -0.3 is 15.7 Å². The lowest BCUT2D eigenvalue weighted by Gasteiger charge is -2.27. The van der Waals surface area contributed by atoms with Crippen molar-refractivity contribution < 1.29 is 14.7 Å². The number of aliphatic hydroxyl groups is 1. The molecule has 0 radical (unpaired) electrons. The van der Waals surface area contributed by atoms with Crippen molar-refractivity contribution in [3.63, 3.8) is 0 Å². The van der Waals surface area contributed by atoms with E-state index in [0.717, 1.165) is 28.8 Å². The molecule has 5 nitrogen and oxygen atoms in total. The summed E-state index contributed by atoms with van der Waals surface area (Å²) >= 11 is 1.46. The third-order valence-corrected chi connectivity index (χ3v) is 5.73. The van der Waals surface area contributed by atoms with E-state index in [-0.39, 0.29) is 12.5 Å². The van der Waals surface area contributed by atoms with Crippen LogP contribution in [0.5, 0.6) is 0 Å². The van der Waals surface area contributed by atoms with Gasteiger partial charge in [-0.25, -0.2) is 0 Å². The van der Waals surface area contributed by atoms with Gasteiger partial charge in [0.15, 0.2) is 0 Å². The molecule has 25 heavy (non-hydrogen) atoms. The Morgan fingerprint density at radius 3 is 2.56 bits per heavy atom. The normalized spacial score (nSPS) is 16.1. The molecule has 0 saturated heterocycles. The molecule has 1 aromatic carbocycles. The lowest BCUT2D eigenvalue weighted by atomic mass is 9.95. The highest BCUT2D eigenvalue weighted by Gasteiger charge is 2.46. The Morgan fingerprint density at radius 2 is 1.96 bits per heavy atom. The van der Waals surface area contributed by atoms with Gasteiger partial charge in [0.2, 0.25) is 0 Å². The highest BCUT2D eigenvalue weighted by atomic mass is 32.1. The van der Waals surface area contributed by atoms with E-state index in [1.807, 2.05) is 43.5 Å². The van der Waals surface area contributed by atoms with Gasteiger partial charge in [-0.2, -0.15) is 0 Å². The van der Waals surface area contributed by atoms with E-state index in [1.165, 1.54) is 11.3 Å². The maximum absolute atomic E-state index is 12.1. The first kappa shape index (κ1) is 17.6. The van der Waals surface area contributed by atoms with Crippen LogP contribution in [0.25, 0.3) is 0 Å². The van der Waals surface area contributed by atoms with Crippen molar-refractivity contribution in [2.24, 2.45) is 5.92 Å². The Labute approximate surface area is 151 Å². The van der Waals surface area contributed by atoms with Crippen LogP contribution < -0.4 is 10.6 Å². The molecule has 1 fully saturated rings. The highest BCUT2D eigenvalue weighted by Crippen LogP contribution is 2.46. The predicted octanol–water partition coefficient (Wildman–Crippen LogP) is 2.72. The van der Waals surface area contributed by atoms with E-state index < -0.39 is 17.4 Å². The molecule has 1 saturated carbocycles. The minimum Gasteiger partial charge on any atom is -0.382 e. The zero-order valence-electron chi connectivity index (χ0n) is 14.3. The fraction of sp³-hybridized carbons (Fsp3) is 0.368. The number of nitrogens with one attached hydrogen (secondary N) is 2. The molecule has 1 aliphatic carbocycles. The topological polar surface area (TPSA) is 78.4 Å². The van der Waals surface area contributed by atoms with Gasteiger partial charge in [-0.15, -0.1) is 11.3 Å². The minimum absolute atomic E-state index is 0.0390. The molecule has 1 heterocycles. The van der Waals surface area contributed by atoms with Crippen LogP contribution in [-0.2, 0) is 15.2 Å². The Hall–Kier alpha value is -2.18. The van der Waals surface area contributed by atoms with E-state index in [1.54, 1.807) is 6.07 Å². The van der Waals surface area contributed by atoms with Crippen LogP contribution in [0.4, 0.5) is 5.69 Å². The van der Waals surface area contributed by atoms with Crippen LogP contribution in [0, 0.1) is 19.8 Å². The van der Waals surface area contributed by atoms with Crippen LogP contribution >= 0.6 is 11.3 Å². The molecule has 1 unspecified atom stereocenters. The van der Waals surface area contributed by atoms with Gasteiger partial charge >= 0.3 is 11.8 Å². The van der Waals surface area contributed by atoms with Crippen LogP contribution in [0.15, 0.2) is 35.7 Å². The molecule has 1 aromatic heterocycles. The number of amides is 2. The zero-order chi connectivity index (χ0) is 18.0. The Balaban J connectivity index is 1.61. The van der Waals surface area contributed by atoms with Crippen molar-refractivity contribution in [2.45, 2.75) is 32.3 Å². The average molecular weight is 358 g/mol. The molecule has 2 aromatic rings. The average Bonchev–Trinajstić information content (AvgIpc) is 3.30. The van der Waals surface area contributed by atoms with Crippen molar-refractivity contribution in [2.75, 3.05) is 11.9 Å². The maximum Gasteiger partial charge on any atom is 0.313 e. The molecule has 132 valence electrons. The largest absolute Gasteiger partial charge is 0.382 e. The Bertz CT molecular complexity index is 784. The summed E-state index contributed by atoms with van der Waals surface area (Å²) in [5.74, 6) is -1.34. The first-order valence-corrected chi connectivity index (χ1v) is 9.21. The number of anilines is 1. The van der Waals surface area contributed by atoms with E-state index in [9.17, 15) is 14.7 Å². The van der Waals surface area contributed by atoms with E-state index in [4.69, 9.17) is 0 Å². The second kappa shape index (κ2) is 6.98. The summed E-state index contributed by atoms with van der Waals surface area (Å²) in [5.41, 5.74) is 1.65. The van der Waals surface area contributed by atoms with Gasteiger partial charge in [0.1, 0.15) is 5.60 Å². The predicted molar refractivity (Wildman–Crippen MR) is 98.5 cm³/mol. The second-order valence-corrected chi connectivity index (χ2v) is 7.56. The molecule has 6 heteroatoms. The highest BCUT2D eigenvalue weighted by molar-refractivity contribution is 7.10. The lowest BCUT2D eigenvalue weighted by molar-refractivity contribution is -0.137. The molecular weight excluding hydrogens is 336 g/mol. The molecule has 1 atom stereocenters. The minimum atomic E-state index is -1.09. The van der Waals surface area contributed by atoms with E-state index in [0.29, 0.717) is 5.69 Å². The molecule has 0 bridgehead atoms. The van der Waals surface area contributed by atoms with Crippen molar-refractivity contribution in [1.82, 2.24) is 5.32 Å². The summed E-state index contributed by atoms with van der Waals surface area (Å²) < 4.78 is 0. The number of thiophene rings is 1. The number of hydrogen-bond donors (Lipinski definition) is 3. The van der Waals surface area contributed by atoms with Gasteiger partial charge in [0, 0.05) is 10.6 Å². The van der Waals surface area contributed by atoms with Crippen LogP contribution in [-0.4, -0.2) is 23.5 Å². The number of rotatable bonds is 5. The number of carbonyl (C=O) groups excluding carboxylic acids is 2. The number of benzene rings is 1. The molecule has 0 aliphatic heterocycles. The Kier molecular flexibility index (Phi) is 4.92. The van der Waals surface area contributed by atoms with Crippen molar-refractivity contribution in [3.05, 3.63) is 51.7 Å². The zero-order valence-corrected chi connectivity index (χ0v) is 15.2. The quantitative estimate of drug-likeness (QED) is 0.719. The van der Waals surface area contributed by atoms with E-state index >= 15 is 0 Å². The standard InChI is InChI=1S/C19H22N2O3S/c1-12-5-8-15(10-13(12)2)21-18(23)17(22)20-11-19(24,14-6-7-14)16-4-3-9-25-16/h3-5,8-10,14,24H,6-7,11H2,1-2H3,(H,20,22)(H,21,23). The van der Waals surface area contributed by atoms with Gasteiger partial charge in [0.25, 0.3) is 0 Å². The number of hydrogen-bond acceptors (Lipinski definition) is 4. The monoisotopic (exact) mass is 358 g/mol. The molecule has 1 aliphatic rings. The summed E-state index contributed by atoms with van der Waals surface area (Å²) in [5, 5.41) is 18.0. The smallest absolute Gasteiger partial charge is 0.313 e. The summed E-state index contributed by atoms with van der Waals surface area (Å²) in [6.07, 6.45) is 1.86. The number of aryl methyl sites for hydroxylation is 2. The summed E-state index contributed by atoms with van der Waals surface area (Å²) in [4.78, 5) is 25.0. The SMILES string of the molecule is Cc1ccc(NC(=O)C(=O)NCC(O)(c2cccs2)C2CC2)cc1C. The summed E-state index contributed by atoms with van der Waals surface area (Å²) in [7, 11) is 0. The van der Waals surface area contributed by atoms with E-state index in [2.05, 4.69) is 10.6 Å². The molecule has 3 rings (SSSR count). The fourth-order valence-corrected chi connectivity index (χ4v) is 3.72. The van der Waals surface area contributed by atoms with Crippen molar-refractivity contribution in [3.8, 4) is 0 Å². The third-order valence-electron chi connectivity index (χ3n) is 4.69. The first-order valence-electron chi connectivity index (χ1n) is 8.33. The molecule has 3 N–H and O–H groups in total. The van der Waals surface area contributed by atoms with Crippen molar-refractivity contribution >= 4 is 28.8 Å². The third kappa shape index (κ3) is 3.91. The van der Waals surface area contributed by atoms with Gasteiger partial charge in [-0.3, -0.25) is 9.59 Å². The Morgan fingerprint density at radius 1 is 1.20 bits per heavy atom. The second-order valence-electron chi connectivity index (χ2n) is 6.61. The summed E-state index contributed by atoms with van der Waals surface area (Å²) in [6, 6.07) is 9.23. The maximum atomic E-state index is 12.1. The molecule has 2 amide bonds. The molecule has 0 spiro atoms. The first-order chi connectivity index (χ1) is 11.9. The van der Waals surface area contributed by atoms with Crippen LogP contribution in [0.3, 0.4) is 0 Å². The summed E-state index contributed by atoms with van der Waals surface area (Å²) in [6.45, 7) is 3.97. The fourth-order valence-electron chi connectivity index (χ4n) is 2.82. The lowest BCUT2D eigenvalue weighted by Crippen LogP contribution is -2.45. The van der Waals surface area contributed by atoms with Crippen LogP contribution in [0.2, 0.25) is 0 Å². The number of carbonyl (C=O) groups is 2. The van der Waals surface area contributed by atoms with Crippen LogP contribution in [0.1, 0.15) is 28.8 Å². The van der Waals surface area contributed by atoms with Gasteiger partial charge in [-0.05, 0) is 67.3 Å². The van der Waals surface area contributed by atoms with Gasteiger partial charge in [0.05, 0.1) is 6.54 Å².